The van der Waals surface area contributed by atoms with Crippen molar-refractivity contribution in [2.24, 2.45) is 0 Å². The standard InChI is InChI=1S/C8H14O3/c1-5-8(3,4)11-7(10)6(2)9/h5H2,1-4H3. The number of ketones is 1. The Hall–Kier alpha value is -0.860. The number of hydrogen-bond donors (Lipinski definition) is 0. The SMILES string of the molecule is CCC(C)(C)OC(=O)C(C)=O. The highest BCUT2D eigenvalue weighted by atomic mass is 16.6. The Balaban J connectivity index is 4.04. The Morgan fingerprint density at radius 2 is 1.82 bits per heavy atom. The molecule has 0 aromatic rings. The van der Waals surface area contributed by atoms with Crippen molar-refractivity contribution < 1.29 is 14.3 Å². The summed E-state index contributed by atoms with van der Waals surface area (Å²) >= 11 is 0. The van der Waals surface area contributed by atoms with Gasteiger partial charge in [-0.2, -0.15) is 0 Å². The molecule has 0 bridgehead atoms. The normalized spacial score (nSPS) is 10.9. The third kappa shape index (κ3) is 3.75. The maximum absolute atomic E-state index is 10.7. The third-order valence-electron chi connectivity index (χ3n) is 1.51. The van der Waals surface area contributed by atoms with E-state index in [1.54, 1.807) is 13.8 Å². The lowest BCUT2D eigenvalue weighted by Gasteiger charge is -2.22. The van der Waals surface area contributed by atoms with Crippen molar-refractivity contribution in [3.63, 3.8) is 0 Å². The molecule has 0 N–H and O–H groups in total. The lowest BCUT2D eigenvalue weighted by atomic mass is 10.1. The molecule has 0 aliphatic carbocycles. The van der Waals surface area contributed by atoms with Crippen LogP contribution in [0.4, 0.5) is 0 Å². The first kappa shape index (κ1) is 10.1. The molecule has 0 atom stereocenters. The summed E-state index contributed by atoms with van der Waals surface area (Å²) < 4.78 is 4.86. The van der Waals surface area contributed by atoms with Crippen LogP contribution in [0.15, 0.2) is 0 Å². The van der Waals surface area contributed by atoms with Gasteiger partial charge < -0.3 is 4.74 Å². The van der Waals surface area contributed by atoms with E-state index < -0.39 is 17.4 Å². The lowest BCUT2D eigenvalue weighted by Crippen LogP contribution is -2.30. The molecule has 0 aliphatic heterocycles. The van der Waals surface area contributed by atoms with Crippen LogP contribution in [0.3, 0.4) is 0 Å². The van der Waals surface area contributed by atoms with Crippen LogP contribution in [0.25, 0.3) is 0 Å². The Bertz CT molecular complexity index is 170. The molecule has 0 radical (unpaired) electrons. The zero-order chi connectivity index (χ0) is 9.07. The van der Waals surface area contributed by atoms with Crippen molar-refractivity contribution >= 4 is 11.8 Å². The van der Waals surface area contributed by atoms with Crippen LogP contribution in [-0.2, 0) is 14.3 Å². The second-order valence-electron chi connectivity index (χ2n) is 3.06. The first-order valence-electron chi connectivity index (χ1n) is 3.63. The molecule has 0 aliphatic rings. The molecule has 0 saturated carbocycles. The fourth-order valence-electron chi connectivity index (χ4n) is 0.395. The number of Topliss-reactive ketones (excluding diaryl/α,β-unsaturated/α-hetero) is 1. The molecule has 0 heterocycles. The molecule has 3 nitrogen and oxygen atoms in total. The largest absolute Gasteiger partial charge is 0.454 e. The van der Waals surface area contributed by atoms with E-state index in [1.807, 2.05) is 6.92 Å². The topological polar surface area (TPSA) is 43.4 Å². The van der Waals surface area contributed by atoms with Gasteiger partial charge in [-0.1, -0.05) is 6.92 Å². The van der Waals surface area contributed by atoms with Crippen molar-refractivity contribution in [2.75, 3.05) is 0 Å². The number of ether oxygens (including phenoxy) is 1. The van der Waals surface area contributed by atoms with Crippen LogP contribution in [0.5, 0.6) is 0 Å². The highest BCUT2D eigenvalue weighted by Gasteiger charge is 2.22. The van der Waals surface area contributed by atoms with Gasteiger partial charge >= 0.3 is 5.97 Å². The summed E-state index contributed by atoms with van der Waals surface area (Å²) in [6.45, 7) is 6.64. The van der Waals surface area contributed by atoms with Gasteiger partial charge in [-0.05, 0) is 20.3 Å². The summed E-state index contributed by atoms with van der Waals surface area (Å²) in [6.07, 6.45) is 0.700. The van der Waals surface area contributed by atoms with Gasteiger partial charge in [-0.25, -0.2) is 4.79 Å². The molecule has 3 heteroatoms. The first-order valence-corrected chi connectivity index (χ1v) is 3.63. The van der Waals surface area contributed by atoms with Gasteiger partial charge in [0.2, 0.25) is 5.78 Å². The first-order chi connectivity index (χ1) is 4.89. The van der Waals surface area contributed by atoms with E-state index in [0.717, 1.165) is 0 Å². The molecule has 0 saturated heterocycles. The Morgan fingerprint density at radius 1 is 1.36 bits per heavy atom. The molecule has 0 aromatic carbocycles. The van der Waals surface area contributed by atoms with Gasteiger partial charge in [-0.15, -0.1) is 0 Å². The molecule has 0 spiro atoms. The zero-order valence-corrected chi connectivity index (χ0v) is 7.43. The molecule has 64 valence electrons. The van der Waals surface area contributed by atoms with Gasteiger partial charge in [0.05, 0.1) is 0 Å². The monoisotopic (exact) mass is 158 g/mol. The molecule has 0 fully saturated rings. The highest BCUT2D eigenvalue weighted by Crippen LogP contribution is 2.13. The fraction of sp³-hybridized carbons (Fsp3) is 0.750. The molecule has 11 heavy (non-hydrogen) atoms. The van der Waals surface area contributed by atoms with Gasteiger partial charge in [0.1, 0.15) is 5.60 Å². The molecule has 0 rings (SSSR count). The molecule has 0 amide bonds. The number of carbonyl (C=O) groups is 2. The second kappa shape index (κ2) is 3.51. The Morgan fingerprint density at radius 3 is 2.09 bits per heavy atom. The maximum atomic E-state index is 10.7. The van der Waals surface area contributed by atoms with Crippen LogP contribution in [0, 0.1) is 0 Å². The van der Waals surface area contributed by atoms with E-state index in [9.17, 15) is 9.59 Å². The predicted molar refractivity (Wildman–Crippen MR) is 41.1 cm³/mol. The summed E-state index contributed by atoms with van der Waals surface area (Å²) in [4.78, 5) is 21.2. The van der Waals surface area contributed by atoms with Gasteiger partial charge in [0.15, 0.2) is 0 Å². The summed E-state index contributed by atoms with van der Waals surface area (Å²) in [5, 5.41) is 0. The minimum absolute atomic E-state index is 0.525. The summed E-state index contributed by atoms with van der Waals surface area (Å²) in [7, 11) is 0. The summed E-state index contributed by atoms with van der Waals surface area (Å²) in [5.74, 6) is -1.30. The van der Waals surface area contributed by atoms with E-state index in [0.29, 0.717) is 6.42 Å². The molecule has 0 unspecified atom stereocenters. The van der Waals surface area contributed by atoms with Crippen LogP contribution >= 0.6 is 0 Å². The predicted octanol–water partition coefficient (Wildman–Crippen LogP) is 1.31. The number of rotatable bonds is 3. The highest BCUT2D eigenvalue weighted by molar-refractivity contribution is 6.32. The lowest BCUT2D eigenvalue weighted by molar-refractivity contribution is -0.163. The van der Waals surface area contributed by atoms with E-state index >= 15 is 0 Å². The third-order valence-corrected chi connectivity index (χ3v) is 1.51. The van der Waals surface area contributed by atoms with E-state index in [2.05, 4.69) is 0 Å². The quantitative estimate of drug-likeness (QED) is 0.459. The van der Waals surface area contributed by atoms with Gasteiger partial charge in [0, 0.05) is 6.92 Å². The summed E-state index contributed by atoms with van der Waals surface area (Å²) in [6, 6.07) is 0. The second-order valence-corrected chi connectivity index (χ2v) is 3.06. The number of esters is 1. The van der Waals surface area contributed by atoms with Crippen LogP contribution in [0.2, 0.25) is 0 Å². The van der Waals surface area contributed by atoms with E-state index in [-0.39, 0.29) is 0 Å². The number of carbonyl (C=O) groups excluding carboxylic acids is 2. The van der Waals surface area contributed by atoms with E-state index in [4.69, 9.17) is 4.74 Å². The fourth-order valence-corrected chi connectivity index (χ4v) is 0.395. The molecular formula is C8H14O3. The van der Waals surface area contributed by atoms with Gasteiger partial charge in [0.25, 0.3) is 0 Å². The minimum atomic E-state index is -0.753. The smallest absolute Gasteiger partial charge is 0.374 e. The Labute approximate surface area is 66.7 Å². The maximum Gasteiger partial charge on any atom is 0.374 e. The van der Waals surface area contributed by atoms with E-state index in [1.165, 1.54) is 6.92 Å². The van der Waals surface area contributed by atoms with Crippen molar-refractivity contribution in [1.82, 2.24) is 0 Å². The van der Waals surface area contributed by atoms with Crippen molar-refractivity contribution in [1.29, 1.82) is 0 Å². The molecule has 0 aromatic heterocycles. The Kier molecular flexibility index (Phi) is 3.23. The van der Waals surface area contributed by atoms with Crippen molar-refractivity contribution in [3.8, 4) is 0 Å². The van der Waals surface area contributed by atoms with Crippen LogP contribution < -0.4 is 0 Å². The van der Waals surface area contributed by atoms with Gasteiger partial charge in [-0.3, -0.25) is 4.79 Å². The molecular weight excluding hydrogens is 144 g/mol. The summed E-state index contributed by atoms with van der Waals surface area (Å²) in [5.41, 5.74) is -0.525. The average Bonchev–Trinajstić information content (AvgIpc) is 1.87. The van der Waals surface area contributed by atoms with Crippen molar-refractivity contribution in [3.05, 3.63) is 0 Å². The van der Waals surface area contributed by atoms with Crippen molar-refractivity contribution in [2.45, 2.75) is 39.7 Å². The van der Waals surface area contributed by atoms with Crippen LogP contribution in [0.1, 0.15) is 34.1 Å². The average molecular weight is 158 g/mol. The zero-order valence-electron chi connectivity index (χ0n) is 7.43. The van der Waals surface area contributed by atoms with Crippen LogP contribution in [-0.4, -0.2) is 17.4 Å². The minimum Gasteiger partial charge on any atom is -0.454 e. The number of hydrogen-bond acceptors (Lipinski definition) is 3.